The topological polar surface area (TPSA) is 136 Å². The van der Waals surface area contributed by atoms with E-state index < -0.39 is 18.0 Å². The van der Waals surface area contributed by atoms with Crippen molar-refractivity contribution in [1.29, 1.82) is 0 Å². The number of rotatable bonds is 9. The number of fused-ring (bicyclic) bond motifs is 1. The second-order valence-corrected chi connectivity index (χ2v) is 9.23. The molecule has 4 aromatic rings. The number of hydrogen-bond acceptors (Lipinski definition) is 7. The van der Waals surface area contributed by atoms with E-state index in [0.29, 0.717) is 28.0 Å². The number of carbonyl (C=O) groups excluding carboxylic acids is 4. The standard InChI is InChI=1S/C28H25FN6O5/c1-17(36)31-19-8-6-18(7-9-19)26(37)12-13-27(38)30-15-21-16-34(28(39)40-21)20-10-11-24(22(29)14-20)35-25-5-3-2-4-23(25)32-33-35/h2-11,14,21H,12-13,15-16H2,1H3,(H,30,38)(H,31,36)/t21-/m0/s1. The zero-order valence-electron chi connectivity index (χ0n) is 21.5. The number of Topliss-reactive ketones (excluding diaryl/α,β-unsaturated/α-hetero) is 1. The number of carbonyl (C=O) groups is 4. The molecule has 0 aliphatic carbocycles. The third-order valence-electron chi connectivity index (χ3n) is 6.33. The van der Waals surface area contributed by atoms with Gasteiger partial charge in [0.2, 0.25) is 11.8 Å². The summed E-state index contributed by atoms with van der Waals surface area (Å²) in [5.41, 5.74) is 2.77. The van der Waals surface area contributed by atoms with Crippen LogP contribution in [0, 0.1) is 5.82 Å². The van der Waals surface area contributed by atoms with Gasteiger partial charge in [-0.3, -0.25) is 19.3 Å². The van der Waals surface area contributed by atoms with Crippen molar-refractivity contribution < 1.29 is 28.3 Å². The number of halogens is 1. The van der Waals surface area contributed by atoms with Gasteiger partial charge in [-0.2, -0.15) is 0 Å². The van der Waals surface area contributed by atoms with Crippen molar-refractivity contribution in [2.24, 2.45) is 0 Å². The minimum atomic E-state index is -0.657. The van der Waals surface area contributed by atoms with E-state index in [9.17, 15) is 19.2 Å². The van der Waals surface area contributed by atoms with Crippen molar-refractivity contribution in [3.05, 3.63) is 78.1 Å². The molecule has 0 unspecified atom stereocenters. The highest BCUT2D eigenvalue weighted by Gasteiger charge is 2.33. The van der Waals surface area contributed by atoms with E-state index in [1.54, 1.807) is 48.5 Å². The molecule has 0 spiro atoms. The molecule has 2 N–H and O–H groups in total. The van der Waals surface area contributed by atoms with Crippen LogP contribution in [-0.2, 0) is 14.3 Å². The van der Waals surface area contributed by atoms with Crippen molar-refractivity contribution in [2.75, 3.05) is 23.3 Å². The van der Waals surface area contributed by atoms with E-state index in [2.05, 4.69) is 20.9 Å². The molecule has 1 aromatic heterocycles. The van der Waals surface area contributed by atoms with Crippen molar-refractivity contribution in [1.82, 2.24) is 20.3 Å². The van der Waals surface area contributed by atoms with Crippen LogP contribution in [0.5, 0.6) is 0 Å². The first-order valence-corrected chi connectivity index (χ1v) is 12.5. The normalized spacial score (nSPS) is 14.7. The molecule has 1 saturated heterocycles. The van der Waals surface area contributed by atoms with Crippen LogP contribution in [-0.4, -0.2) is 57.9 Å². The molecule has 2 heterocycles. The number of ether oxygens (including phenoxy) is 1. The number of amides is 3. The van der Waals surface area contributed by atoms with Crippen molar-refractivity contribution in [3.8, 4) is 5.69 Å². The molecule has 1 fully saturated rings. The van der Waals surface area contributed by atoms with E-state index in [4.69, 9.17) is 4.74 Å². The summed E-state index contributed by atoms with van der Waals surface area (Å²) in [4.78, 5) is 49.5. The number of cyclic esters (lactones) is 1. The van der Waals surface area contributed by atoms with Gasteiger partial charge in [0.15, 0.2) is 11.6 Å². The van der Waals surface area contributed by atoms with Crippen molar-refractivity contribution in [2.45, 2.75) is 25.9 Å². The van der Waals surface area contributed by atoms with E-state index in [-0.39, 0.29) is 49.2 Å². The minimum Gasteiger partial charge on any atom is -0.442 e. The molecule has 0 saturated carbocycles. The molecule has 3 aromatic carbocycles. The number of hydrogen-bond donors (Lipinski definition) is 2. The lowest BCUT2D eigenvalue weighted by Gasteiger charge is -2.14. The molecule has 1 aliphatic rings. The van der Waals surface area contributed by atoms with Gasteiger partial charge in [-0.1, -0.05) is 17.3 Å². The number of ketones is 1. The summed E-state index contributed by atoms with van der Waals surface area (Å²) in [5, 5.41) is 13.4. The van der Waals surface area contributed by atoms with Crippen LogP contribution in [0.1, 0.15) is 30.1 Å². The lowest BCUT2D eigenvalue weighted by atomic mass is 10.1. The number of anilines is 2. The number of nitrogens with zero attached hydrogens (tertiary/aromatic N) is 4. The third kappa shape index (κ3) is 5.80. The Labute approximate surface area is 227 Å². The lowest BCUT2D eigenvalue weighted by molar-refractivity contribution is -0.121. The number of nitrogens with one attached hydrogen (secondary N) is 2. The molecule has 1 atom stereocenters. The summed E-state index contributed by atoms with van der Waals surface area (Å²) in [7, 11) is 0. The summed E-state index contributed by atoms with van der Waals surface area (Å²) >= 11 is 0. The second kappa shape index (κ2) is 11.3. The third-order valence-corrected chi connectivity index (χ3v) is 6.33. The number of para-hydroxylation sites is 1. The monoisotopic (exact) mass is 544 g/mol. The van der Waals surface area contributed by atoms with Crippen LogP contribution in [0.4, 0.5) is 20.6 Å². The van der Waals surface area contributed by atoms with Crippen LogP contribution < -0.4 is 15.5 Å². The molecule has 5 rings (SSSR count). The summed E-state index contributed by atoms with van der Waals surface area (Å²) < 4.78 is 21.8. The fraction of sp³-hybridized carbons (Fsp3) is 0.214. The molecule has 204 valence electrons. The summed E-state index contributed by atoms with van der Waals surface area (Å²) in [6.07, 6.45) is -1.35. The molecule has 0 bridgehead atoms. The Kier molecular flexibility index (Phi) is 7.49. The Morgan fingerprint density at radius 1 is 1.05 bits per heavy atom. The van der Waals surface area contributed by atoms with Gasteiger partial charge in [0.25, 0.3) is 0 Å². The van der Waals surface area contributed by atoms with Gasteiger partial charge >= 0.3 is 6.09 Å². The quantitative estimate of drug-likeness (QED) is 0.307. The predicted molar refractivity (Wildman–Crippen MR) is 144 cm³/mol. The maximum atomic E-state index is 15.0. The van der Waals surface area contributed by atoms with Gasteiger partial charge in [0.1, 0.15) is 17.3 Å². The molecule has 3 amide bonds. The smallest absolute Gasteiger partial charge is 0.414 e. The largest absolute Gasteiger partial charge is 0.442 e. The average molecular weight is 545 g/mol. The Hall–Kier alpha value is -5.13. The fourth-order valence-corrected chi connectivity index (χ4v) is 4.35. The molecular formula is C28H25FN6O5. The minimum absolute atomic E-state index is 0.00538. The zero-order valence-corrected chi connectivity index (χ0v) is 21.5. The zero-order chi connectivity index (χ0) is 28.2. The van der Waals surface area contributed by atoms with Crippen LogP contribution in [0.25, 0.3) is 16.7 Å². The maximum absolute atomic E-state index is 15.0. The van der Waals surface area contributed by atoms with Crippen LogP contribution in [0.15, 0.2) is 66.7 Å². The van der Waals surface area contributed by atoms with Gasteiger partial charge in [0, 0.05) is 31.0 Å². The fourth-order valence-electron chi connectivity index (χ4n) is 4.35. The highest BCUT2D eigenvalue weighted by Crippen LogP contribution is 2.26. The molecule has 40 heavy (non-hydrogen) atoms. The van der Waals surface area contributed by atoms with Crippen LogP contribution in [0.3, 0.4) is 0 Å². The van der Waals surface area contributed by atoms with E-state index in [1.807, 2.05) is 6.07 Å². The first-order valence-electron chi connectivity index (χ1n) is 12.5. The highest BCUT2D eigenvalue weighted by atomic mass is 19.1. The summed E-state index contributed by atoms with van der Waals surface area (Å²) in [6, 6.07) is 17.9. The lowest BCUT2D eigenvalue weighted by Crippen LogP contribution is -2.34. The van der Waals surface area contributed by atoms with Crippen LogP contribution in [0.2, 0.25) is 0 Å². The summed E-state index contributed by atoms with van der Waals surface area (Å²) in [5.74, 6) is -1.39. The van der Waals surface area contributed by atoms with Gasteiger partial charge in [0.05, 0.1) is 24.3 Å². The first kappa shape index (κ1) is 26.5. The predicted octanol–water partition coefficient (Wildman–Crippen LogP) is 3.62. The Bertz CT molecular complexity index is 1600. The van der Waals surface area contributed by atoms with Gasteiger partial charge in [-0.15, -0.1) is 5.10 Å². The maximum Gasteiger partial charge on any atom is 0.414 e. The highest BCUT2D eigenvalue weighted by molar-refractivity contribution is 5.98. The van der Waals surface area contributed by atoms with Crippen LogP contribution >= 0.6 is 0 Å². The summed E-state index contributed by atoms with van der Waals surface area (Å²) in [6.45, 7) is 1.55. The average Bonchev–Trinajstić information content (AvgIpc) is 3.54. The Morgan fingerprint density at radius 2 is 1.82 bits per heavy atom. The van der Waals surface area contributed by atoms with Crippen molar-refractivity contribution in [3.63, 3.8) is 0 Å². The molecular weight excluding hydrogens is 519 g/mol. The van der Waals surface area contributed by atoms with Gasteiger partial charge < -0.3 is 15.4 Å². The van der Waals surface area contributed by atoms with E-state index >= 15 is 4.39 Å². The van der Waals surface area contributed by atoms with Crippen molar-refractivity contribution >= 4 is 46.1 Å². The number of aromatic nitrogens is 3. The second-order valence-electron chi connectivity index (χ2n) is 9.23. The molecule has 0 radical (unpaired) electrons. The molecule has 11 nitrogen and oxygen atoms in total. The molecule has 1 aliphatic heterocycles. The number of benzene rings is 3. The van der Waals surface area contributed by atoms with Gasteiger partial charge in [-0.05, 0) is 54.6 Å². The molecule has 12 heteroatoms. The first-order chi connectivity index (χ1) is 19.3. The van der Waals surface area contributed by atoms with E-state index in [1.165, 1.54) is 28.6 Å². The Balaban J connectivity index is 1.13. The SMILES string of the molecule is CC(=O)Nc1ccc(C(=O)CCC(=O)NC[C@H]2CN(c3ccc(-n4nnc5ccccc54)c(F)c3)C(=O)O2)cc1. The van der Waals surface area contributed by atoms with Gasteiger partial charge in [-0.25, -0.2) is 13.9 Å². The van der Waals surface area contributed by atoms with E-state index in [0.717, 1.165) is 0 Å². The Morgan fingerprint density at radius 3 is 2.58 bits per heavy atom.